The van der Waals surface area contributed by atoms with Crippen LogP contribution in [0.15, 0.2) is 48.5 Å². The molecule has 0 aliphatic rings. The number of hydrogen-bond acceptors (Lipinski definition) is 1. The molecule has 20 heavy (non-hydrogen) atoms. The van der Waals surface area contributed by atoms with E-state index in [0.717, 1.165) is 23.1 Å². The van der Waals surface area contributed by atoms with E-state index < -0.39 is 0 Å². The first-order chi connectivity index (χ1) is 9.45. The Bertz CT molecular complexity index is 606. The van der Waals surface area contributed by atoms with Crippen LogP contribution < -0.4 is 0 Å². The lowest BCUT2D eigenvalue weighted by Gasteiger charge is -2.23. The van der Waals surface area contributed by atoms with Gasteiger partial charge in [-0.2, -0.15) is 0 Å². The Morgan fingerprint density at radius 3 is 2.15 bits per heavy atom. The number of benzene rings is 2. The molecule has 0 spiro atoms. The van der Waals surface area contributed by atoms with Gasteiger partial charge in [0.05, 0.1) is 0 Å². The summed E-state index contributed by atoms with van der Waals surface area (Å²) in [4.78, 5) is 12.5. The summed E-state index contributed by atoms with van der Waals surface area (Å²) in [5, 5.41) is 0. The van der Waals surface area contributed by atoms with Gasteiger partial charge in [0.2, 0.25) is 0 Å². The Hall–Kier alpha value is -1.89. The minimum absolute atomic E-state index is 0.101. The molecule has 0 N–H and O–H groups in total. The van der Waals surface area contributed by atoms with Crippen LogP contribution in [0.3, 0.4) is 0 Å². The van der Waals surface area contributed by atoms with Gasteiger partial charge in [-0.3, -0.25) is 4.79 Å². The van der Waals surface area contributed by atoms with Gasteiger partial charge in [-0.1, -0.05) is 69.3 Å². The summed E-state index contributed by atoms with van der Waals surface area (Å²) in [7, 11) is 0. The predicted octanol–water partition coefficient (Wildman–Crippen LogP) is 4.91. The molecule has 0 radical (unpaired) electrons. The van der Waals surface area contributed by atoms with E-state index >= 15 is 0 Å². The first-order valence-electron chi connectivity index (χ1n) is 7.16. The lowest BCUT2D eigenvalue weighted by atomic mass is 9.82. The zero-order chi connectivity index (χ0) is 14.8. The van der Waals surface area contributed by atoms with Gasteiger partial charge in [-0.15, -0.1) is 0 Å². The van der Waals surface area contributed by atoms with E-state index in [2.05, 4.69) is 32.9 Å². The average Bonchev–Trinajstić information content (AvgIpc) is 2.47. The molecular formula is C19H22O. The molecule has 0 saturated carbocycles. The fourth-order valence-electron chi connectivity index (χ4n) is 2.26. The quantitative estimate of drug-likeness (QED) is 0.718. The first kappa shape index (κ1) is 14.5. The second-order valence-corrected chi connectivity index (χ2v) is 5.96. The highest BCUT2D eigenvalue weighted by Crippen LogP contribution is 2.27. The Kier molecular flexibility index (Phi) is 4.08. The number of carbonyl (C=O) groups excluding carboxylic acids is 1. The number of ketones is 1. The predicted molar refractivity (Wildman–Crippen MR) is 84.4 cm³/mol. The van der Waals surface area contributed by atoms with Crippen LogP contribution in [-0.4, -0.2) is 5.78 Å². The lowest BCUT2D eigenvalue weighted by molar-refractivity contribution is 0.103. The van der Waals surface area contributed by atoms with Crippen LogP contribution in [0.4, 0.5) is 0 Å². The summed E-state index contributed by atoms with van der Waals surface area (Å²) in [5.74, 6) is 0.101. The Balaban J connectivity index is 2.32. The summed E-state index contributed by atoms with van der Waals surface area (Å²) < 4.78 is 0. The molecule has 0 amide bonds. The minimum atomic E-state index is 0.101. The molecule has 0 heterocycles. The Labute approximate surface area is 121 Å². The number of aryl methyl sites for hydroxylation is 1. The van der Waals surface area contributed by atoms with Crippen molar-refractivity contribution in [2.75, 3.05) is 0 Å². The molecule has 104 valence electrons. The maximum absolute atomic E-state index is 12.5. The average molecular weight is 266 g/mol. The van der Waals surface area contributed by atoms with Crippen molar-refractivity contribution in [3.63, 3.8) is 0 Å². The molecule has 0 fully saturated rings. The van der Waals surface area contributed by atoms with Crippen LogP contribution in [0, 0.1) is 6.92 Å². The molecule has 0 aliphatic heterocycles. The van der Waals surface area contributed by atoms with Crippen molar-refractivity contribution >= 4 is 5.78 Å². The third kappa shape index (κ3) is 2.82. The van der Waals surface area contributed by atoms with E-state index in [9.17, 15) is 4.79 Å². The molecular weight excluding hydrogens is 244 g/mol. The molecule has 2 aromatic rings. The smallest absolute Gasteiger partial charge is 0.193 e. The highest BCUT2D eigenvalue weighted by molar-refractivity contribution is 6.09. The normalized spacial score (nSPS) is 11.4. The van der Waals surface area contributed by atoms with Crippen LogP contribution in [0.25, 0.3) is 0 Å². The largest absolute Gasteiger partial charge is 0.289 e. The third-order valence-corrected chi connectivity index (χ3v) is 4.20. The molecule has 0 saturated heterocycles. The summed E-state index contributed by atoms with van der Waals surface area (Å²) in [6, 6.07) is 15.8. The van der Waals surface area contributed by atoms with Gasteiger partial charge in [0.25, 0.3) is 0 Å². The summed E-state index contributed by atoms with van der Waals surface area (Å²) in [6.07, 6.45) is 1.08. The van der Waals surface area contributed by atoms with Gasteiger partial charge in [0.15, 0.2) is 5.78 Å². The molecule has 0 aliphatic carbocycles. The monoisotopic (exact) mass is 266 g/mol. The number of carbonyl (C=O) groups is 1. The maximum atomic E-state index is 12.5. The second kappa shape index (κ2) is 5.62. The van der Waals surface area contributed by atoms with Gasteiger partial charge in [-0.25, -0.2) is 0 Å². The molecule has 1 heteroatoms. The van der Waals surface area contributed by atoms with E-state index in [1.165, 1.54) is 5.56 Å². The van der Waals surface area contributed by atoms with Gasteiger partial charge in [0.1, 0.15) is 0 Å². The lowest BCUT2D eigenvalue weighted by Crippen LogP contribution is -2.15. The summed E-state index contributed by atoms with van der Waals surface area (Å²) >= 11 is 0. The van der Waals surface area contributed by atoms with E-state index in [-0.39, 0.29) is 11.2 Å². The standard InChI is InChI=1S/C19H22O/c1-5-19(3,4)16-12-10-15(11-13-16)18(20)17-9-7-6-8-14(17)2/h6-13H,5H2,1-4H3. The van der Waals surface area contributed by atoms with Crippen molar-refractivity contribution in [3.8, 4) is 0 Å². The van der Waals surface area contributed by atoms with Crippen LogP contribution >= 0.6 is 0 Å². The SMILES string of the molecule is CCC(C)(C)c1ccc(C(=O)c2ccccc2C)cc1. The van der Waals surface area contributed by atoms with Crippen molar-refractivity contribution in [1.82, 2.24) is 0 Å². The van der Waals surface area contributed by atoms with Crippen molar-refractivity contribution in [2.45, 2.75) is 39.5 Å². The van der Waals surface area contributed by atoms with Crippen LogP contribution in [0.1, 0.15) is 54.2 Å². The number of hydrogen-bond donors (Lipinski definition) is 0. The molecule has 0 unspecified atom stereocenters. The van der Waals surface area contributed by atoms with Crippen molar-refractivity contribution in [2.24, 2.45) is 0 Å². The molecule has 0 bridgehead atoms. The topological polar surface area (TPSA) is 17.1 Å². The molecule has 1 nitrogen and oxygen atoms in total. The summed E-state index contributed by atoms with van der Waals surface area (Å²) in [6.45, 7) is 8.62. The van der Waals surface area contributed by atoms with Crippen molar-refractivity contribution in [3.05, 3.63) is 70.8 Å². The third-order valence-electron chi connectivity index (χ3n) is 4.20. The highest BCUT2D eigenvalue weighted by Gasteiger charge is 2.18. The minimum Gasteiger partial charge on any atom is -0.289 e. The molecule has 0 aromatic heterocycles. The fourth-order valence-corrected chi connectivity index (χ4v) is 2.26. The zero-order valence-electron chi connectivity index (χ0n) is 12.7. The van der Waals surface area contributed by atoms with Gasteiger partial charge < -0.3 is 0 Å². The van der Waals surface area contributed by atoms with Crippen LogP contribution in [-0.2, 0) is 5.41 Å². The first-order valence-corrected chi connectivity index (χ1v) is 7.16. The van der Waals surface area contributed by atoms with Gasteiger partial charge >= 0.3 is 0 Å². The highest BCUT2D eigenvalue weighted by atomic mass is 16.1. The zero-order valence-corrected chi connectivity index (χ0v) is 12.7. The Morgan fingerprint density at radius 1 is 1.00 bits per heavy atom. The maximum Gasteiger partial charge on any atom is 0.193 e. The van der Waals surface area contributed by atoms with E-state index in [1.807, 2.05) is 43.3 Å². The van der Waals surface area contributed by atoms with E-state index in [4.69, 9.17) is 0 Å². The van der Waals surface area contributed by atoms with Gasteiger partial charge in [-0.05, 0) is 29.9 Å². The van der Waals surface area contributed by atoms with Crippen molar-refractivity contribution in [1.29, 1.82) is 0 Å². The van der Waals surface area contributed by atoms with Gasteiger partial charge in [0, 0.05) is 11.1 Å². The van der Waals surface area contributed by atoms with Crippen LogP contribution in [0.2, 0.25) is 0 Å². The fraction of sp³-hybridized carbons (Fsp3) is 0.316. The van der Waals surface area contributed by atoms with Crippen molar-refractivity contribution < 1.29 is 4.79 Å². The Morgan fingerprint density at radius 2 is 1.60 bits per heavy atom. The number of rotatable bonds is 4. The van der Waals surface area contributed by atoms with E-state index in [1.54, 1.807) is 0 Å². The second-order valence-electron chi connectivity index (χ2n) is 5.96. The van der Waals surface area contributed by atoms with E-state index in [0.29, 0.717) is 0 Å². The molecule has 0 atom stereocenters. The molecule has 2 rings (SSSR count). The molecule has 2 aromatic carbocycles. The van der Waals surface area contributed by atoms with Crippen LogP contribution in [0.5, 0.6) is 0 Å². The summed E-state index contributed by atoms with van der Waals surface area (Å²) in [5.41, 5.74) is 4.01.